The standard InChI is InChI=1S/C24H50O3/c1-3-5-6-11-17-23(18-14-13-16-22(4-2)21-26)24(27)19-12-9-7-8-10-15-20-25/h22-27H,3-21H2,1-2H3. The summed E-state index contributed by atoms with van der Waals surface area (Å²) in [6, 6.07) is 0. The van der Waals surface area contributed by atoms with E-state index in [0.29, 0.717) is 25.0 Å². The maximum Gasteiger partial charge on any atom is 0.0568 e. The Labute approximate surface area is 170 Å². The van der Waals surface area contributed by atoms with E-state index in [1.165, 1.54) is 64.2 Å². The van der Waals surface area contributed by atoms with E-state index < -0.39 is 0 Å². The number of hydrogen-bond acceptors (Lipinski definition) is 3. The van der Waals surface area contributed by atoms with Gasteiger partial charge < -0.3 is 15.3 Å². The Kier molecular flexibility index (Phi) is 20.5. The number of rotatable bonds is 21. The third-order valence-electron chi connectivity index (χ3n) is 6.15. The lowest BCUT2D eigenvalue weighted by molar-refractivity contribution is 0.0825. The predicted molar refractivity (Wildman–Crippen MR) is 117 cm³/mol. The monoisotopic (exact) mass is 386 g/mol. The van der Waals surface area contributed by atoms with Gasteiger partial charge >= 0.3 is 0 Å². The average Bonchev–Trinajstić information content (AvgIpc) is 2.68. The van der Waals surface area contributed by atoms with Gasteiger partial charge in [-0.05, 0) is 43.9 Å². The molecule has 0 aliphatic carbocycles. The molecular formula is C24H50O3. The van der Waals surface area contributed by atoms with Gasteiger partial charge in [0.2, 0.25) is 0 Å². The molecular weight excluding hydrogens is 336 g/mol. The Morgan fingerprint density at radius 1 is 0.593 bits per heavy atom. The molecule has 3 nitrogen and oxygen atoms in total. The summed E-state index contributed by atoms with van der Waals surface area (Å²) in [7, 11) is 0. The van der Waals surface area contributed by atoms with E-state index in [1.54, 1.807) is 0 Å². The Morgan fingerprint density at radius 3 is 1.70 bits per heavy atom. The molecule has 0 saturated carbocycles. The summed E-state index contributed by atoms with van der Waals surface area (Å²) in [5.74, 6) is 0.925. The first-order valence-corrected chi connectivity index (χ1v) is 12.1. The minimum Gasteiger partial charge on any atom is -0.396 e. The zero-order chi connectivity index (χ0) is 20.2. The third-order valence-corrected chi connectivity index (χ3v) is 6.15. The van der Waals surface area contributed by atoms with Crippen molar-refractivity contribution in [1.29, 1.82) is 0 Å². The Hall–Kier alpha value is -0.120. The van der Waals surface area contributed by atoms with Gasteiger partial charge in [-0.1, -0.05) is 90.9 Å². The van der Waals surface area contributed by atoms with Crippen LogP contribution in [-0.2, 0) is 0 Å². The molecule has 0 aliphatic rings. The fourth-order valence-electron chi connectivity index (χ4n) is 4.03. The molecule has 0 fully saturated rings. The van der Waals surface area contributed by atoms with Crippen LogP contribution in [0.1, 0.15) is 123 Å². The van der Waals surface area contributed by atoms with Crippen molar-refractivity contribution in [2.24, 2.45) is 11.8 Å². The van der Waals surface area contributed by atoms with Crippen molar-refractivity contribution in [1.82, 2.24) is 0 Å². The lowest BCUT2D eigenvalue weighted by atomic mass is 9.86. The lowest BCUT2D eigenvalue weighted by Gasteiger charge is -2.23. The highest BCUT2D eigenvalue weighted by atomic mass is 16.3. The molecule has 3 N–H and O–H groups in total. The van der Waals surface area contributed by atoms with Crippen LogP contribution in [0.2, 0.25) is 0 Å². The van der Waals surface area contributed by atoms with Crippen molar-refractivity contribution in [3.8, 4) is 0 Å². The van der Waals surface area contributed by atoms with Crippen LogP contribution in [0.15, 0.2) is 0 Å². The highest BCUT2D eigenvalue weighted by Gasteiger charge is 2.18. The molecule has 0 rings (SSSR count). The molecule has 0 amide bonds. The molecule has 3 atom stereocenters. The Balaban J connectivity index is 4.07. The number of aliphatic hydroxyl groups excluding tert-OH is 3. The van der Waals surface area contributed by atoms with E-state index >= 15 is 0 Å². The summed E-state index contributed by atoms with van der Waals surface area (Å²) in [5.41, 5.74) is 0. The van der Waals surface area contributed by atoms with Gasteiger partial charge in [-0.15, -0.1) is 0 Å². The number of aliphatic hydroxyl groups is 3. The van der Waals surface area contributed by atoms with Crippen molar-refractivity contribution in [2.75, 3.05) is 13.2 Å². The summed E-state index contributed by atoms with van der Waals surface area (Å²) in [5, 5.41) is 28.9. The minimum absolute atomic E-state index is 0.135. The second kappa shape index (κ2) is 20.6. The molecule has 164 valence electrons. The van der Waals surface area contributed by atoms with Gasteiger partial charge in [0.05, 0.1) is 6.10 Å². The first-order valence-electron chi connectivity index (χ1n) is 12.1. The fraction of sp³-hybridized carbons (Fsp3) is 1.00. The first-order chi connectivity index (χ1) is 13.2. The van der Waals surface area contributed by atoms with E-state index in [9.17, 15) is 10.2 Å². The summed E-state index contributed by atoms with van der Waals surface area (Å²) < 4.78 is 0. The number of unbranched alkanes of at least 4 members (excludes halogenated alkanes) is 9. The van der Waals surface area contributed by atoms with Crippen LogP contribution in [0.3, 0.4) is 0 Å². The molecule has 3 heteroatoms. The molecule has 27 heavy (non-hydrogen) atoms. The molecule has 0 aliphatic heterocycles. The van der Waals surface area contributed by atoms with Crippen molar-refractivity contribution < 1.29 is 15.3 Å². The summed E-state index contributed by atoms with van der Waals surface area (Å²) >= 11 is 0. The van der Waals surface area contributed by atoms with Gasteiger partial charge in [-0.25, -0.2) is 0 Å². The van der Waals surface area contributed by atoms with Crippen LogP contribution in [0.5, 0.6) is 0 Å². The van der Waals surface area contributed by atoms with Crippen LogP contribution in [-0.4, -0.2) is 34.6 Å². The summed E-state index contributed by atoms with van der Waals surface area (Å²) in [4.78, 5) is 0. The van der Waals surface area contributed by atoms with Crippen molar-refractivity contribution in [3.63, 3.8) is 0 Å². The second-order valence-electron chi connectivity index (χ2n) is 8.55. The fourth-order valence-corrected chi connectivity index (χ4v) is 4.03. The van der Waals surface area contributed by atoms with E-state index in [1.807, 2.05) is 0 Å². The van der Waals surface area contributed by atoms with Gasteiger partial charge in [-0.3, -0.25) is 0 Å². The highest BCUT2D eigenvalue weighted by molar-refractivity contribution is 4.70. The highest BCUT2D eigenvalue weighted by Crippen LogP contribution is 2.25. The van der Waals surface area contributed by atoms with Crippen LogP contribution in [0.4, 0.5) is 0 Å². The van der Waals surface area contributed by atoms with Crippen molar-refractivity contribution in [3.05, 3.63) is 0 Å². The quantitative estimate of drug-likeness (QED) is 0.205. The summed E-state index contributed by atoms with van der Waals surface area (Å²) in [6.07, 6.45) is 19.7. The van der Waals surface area contributed by atoms with Crippen molar-refractivity contribution in [2.45, 2.75) is 129 Å². The van der Waals surface area contributed by atoms with Crippen molar-refractivity contribution >= 4 is 0 Å². The molecule has 0 radical (unpaired) electrons. The smallest absolute Gasteiger partial charge is 0.0568 e. The molecule has 0 aromatic carbocycles. The van der Waals surface area contributed by atoms with Gasteiger partial charge in [0.25, 0.3) is 0 Å². The Morgan fingerprint density at radius 2 is 1.11 bits per heavy atom. The van der Waals surface area contributed by atoms with Gasteiger partial charge in [0.1, 0.15) is 0 Å². The van der Waals surface area contributed by atoms with Crippen LogP contribution in [0.25, 0.3) is 0 Å². The topological polar surface area (TPSA) is 60.7 Å². The van der Waals surface area contributed by atoms with E-state index in [0.717, 1.165) is 44.9 Å². The van der Waals surface area contributed by atoms with Gasteiger partial charge in [0.15, 0.2) is 0 Å². The maximum atomic E-state index is 10.7. The van der Waals surface area contributed by atoms with Crippen LogP contribution < -0.4 is 0 Å². The SMILES string of the molecule is CCCCCCC(CCCCC(CC)CO)C(O)CCCCCCCCO. The van der Waals surface area contributed by atoms with Crippen LogP contribution >= 0.6 is 0 Å². The number of hydrogen-bond donors (Lipinski definition) is 3. The predicted octanol–water partition coefficient (Wildman–Crippen LogP) is 6.24. The van der Waals surface area contributed by atoms with E-state index in [-0.39, 0.29) is 6.10 Å². The molecule has 0 heterocycles. The molecule has 0 spiro atoms. The normalized spacial score (nSPS) is 15.0. The maximum absolute atomic E-state index is 10.7. The summed E-state index contributed by atoms with van der Waals surface area (Å²) in [6.45, 7) is 5.04. The largest absolute Gasteiger partial charge is 0.396 e. The lowest BCUT2D eigenvalue weighted by Crippen LogP contribution is -2.21. The molecule has 0 bridgehead atoms. The second-order valence-corrected chi connectivity index (χ2v) is 8.55. The molecule has 0 aromatic rings. The third kappa shape index (κ3) is 16.5. The average molecular weight is 387 g/mol. The van der Waals surface area contributed by atoms with E-state index in [4.69, 9.17) is 5.11 Å². The van der Waals surface area contributed by atoms with Crippen LogP contribution in [0, 0.1) is 11.8 Å². The Bertz CT molecular complexity index is 279. The molecule has 3 unspecified atom stereocenters. The van der Waals surface area contributed by atoms with Gasteiger partial charge in [0, 0.05) is 13.2 Å². The zero-order valence-corrected chi connectivity index (χ0v) is 18.5. The first kappa shape index (κ1) is 26.9. The zero-order valence-electron chi connectivity index (χ0n) is 18.5. The minimum atomic E-state index is -0.135. The molecule has 0 aromatic heterocycles. The van der Waals surface area contributed by atoms with E-state index in [2.05, 4.69) is 13.8 Å². The van der Waals surface area contributed by atoms with Gasteiger partial charge in [-0.2, -0.15) is 0 Å². The molecule has 0 saturated heterocycles.